The smallest absolute Gasteiger partial charge is 0.294 e. The van der Waals surface area contributed by atoms with Crippen LogP contribution in [0.3, 0.4) is 0 Å². The summed E-state index contributed by atoms with van der Waals surface area (Å²) in [6.45, 7) is 2.87. The highest BCUT2D eigenvalue weighted by Crippen LogP contribution is 2.48. The van der Waals surface area contributed by atoms with Crippen molar-refractivity contribution in [2.24, 2.45) is 0 Å². The Morgan fingerprint density at radius 2 is 1.71 bits per heavy atom. The molecule has 5 nitrogen and oxygen atoms in total. The van der Waals surface area contributed by atoms with Crippen LogP contribution in [0.4, 0.5) is 11.4 Å². The van der Waals surface area contributed by atoms with Crippen molar-refractivity contribution in [2.75, 3.05) is 25.5 Å². The number of rotatable bonds is 3. The first-order chi connectivity index (χ1) is 11.4. The van der Waals surface area contributed by atoms with Crippen molar-refractivity contribution in [3.63, 3.8) is 0 Å². The van der Waals surface area contributed by atoms with Crippen LogP contribution in [0.2, 0.25) is 0 Å². The van der Waals surface area contributed by atoms with Crippen LogP contribution in [0, 0.1) is 0 Å². The number of hydrogen-bond donors (Lipinski definition) is 2. The zero-order chi connectivity index (χ0) is 17.7. The molecule has 1 aliphatic heterocycles. The van der Waals surface area contributed by atoms with Gasteiger partial charge in [0.2, 0.25) is 0 Å². The van der Waals surface area contributed by atoms with Crippen LogP contribution in [-0.4, -0.2) is 33.6 Å². The maximum atomic E-state index is 11.4. The summed E-state index contributed by atoms with van der Waals surface area (Å²) in [7, 11) is -0.438. The van der Waals surface area contributed by atoms with Crippen LogP contribution >= 0.6 is 11.8 Å². The number of hydrogen-bond acceptors (Lipinski definition) is 5. The van der Waals surface area contributed by atoms with E-state index >= 15 is 0 Å². The van der Waals surface area contributed by atoms with E-state index in [4.69, 9.17) is 0 Å². The van der Waals surface area contributed by atoms with Crippen LogP contribution in [0.5, 0.6) is 0 Å². The average molecular weight is 367 g/mol. The topological polar surface area (TPSA) is 69.6 Å². The Labute approximate surface area is 147 Å². The second-order valence-electron chi connectivity index (χ2n) is 5.33. The molecule has 130 valence electrons. The number of anilines is 2. The summed E-state index contributed by atoms with van der Waals surface area (Å²) in [6.07, 6.45) is 0.939. The van der Waals surface area contributed by atoms with Gasteiger partial charge in [-0.25, -0.2) is 0 Å². The molecule has 0 amide bonds. The van der Waals surface area contributed by atoms with Gasteiger partial charge in [0, 0.05) is 16.3 Å². The molecule has 0 unspecified atom stereocenters. The van der Waals surface area contributed by atoms with Crippen molar-refractivity contribution in [1.82, 2.24) is 5.32 Å². The monoisotopic (exact) mass is 366 g/mol. The average Bonchev–Trinajstić information content (AvgIpc) is 2.54. The molecule has 24 heavy (non-hydrogen) atoms. The van der Waals surface area contributed by atoms with Crippen molar-refractivity contribution in [3.05, 3.63) is 42.5 Å². The first kappa shape index (κ1) is 18.8. The lowest BCUT2D eigenvalue weighted by Gasteiger charge is -2.32. The number of nitrogens with zero attached hydrogens (tertiary/aromatic N) is 1. The fourth-order valence-electron chi connectivity index (χ4n) is 2.43. The van der Waals surface area contributed by atoms with Gasteiger partial charge in [0.1, 0.15) is 0 Å². The molecule has 1 aliphatic rings. The molecule has 0 saturated heterocycles. The molecule has 0 aliphatic carbocycles. The molecular weight excluding hydrogens is 344 g/mol. The van der Waals surface area contributed by atoms with E-state index in [0.717, 1.165) is 34.1 Å². The van der Waals surface area contributed by atoms with E-state index < -0.39 is 10.1 Å². The highest BCUT2D eigenvalue weighted by Gasteiger charge is 2.24. The molecule has 0 radical (unpaired) electrons. The van der Waals surface area contributed by atoms with Crippen molar-refractivity contribution in [3.8, 4) is 0 Å². The van der Waals surface area contributed by atoms with Gasteiger partial charge < -0.3 is 10.2 Å². The molecular formula is C17H22N2O3S2. The Morgan fingerprint density at radius 3 is 2.33 bits per heavy atom. The third-order valence-electron chi connectivity index (χ3n) is 3.34. The molecule has 2 aromatic carbocycles. The van der Waals surface area contributed by atoms with Gasteiger partial charge in [-0.2, -0.15) is 8.42 Å². The minimum absolute atomic E-state index is 0.0673. The lowest BCUT2D eigenvalue weighted by molar-refractivity contribution is 0.483. The zero-order valence-corrected chi connectivity index (χ0v) is 15.6. The highest BCUT2D eigenvalue weighted by molar-refractivity contribution is 7.99. The summed E-state index contributed by atoms with van der Waals surface area (Å²) >= 11 is 1.61. The molecule has 0 aromatic heterocycles. The number of benzene rings is 2. The number of nitrogens with one attached hydrogen (secondary N) is 1. The summed E-state index contributed by atoms with van der Waals surface area (Å²) in [5.74, 6) is 0. The van der Waals surface area contributed by atoms with Crippen LogP contribution in [-0.2, 0) is 10.1 Å². The van der Waals surface area contributed by atoms with Crippen LogP contribution in [0.1, 0.15) is 13.3 Å². The summed E-state index contributed by atoms with van der Waals surface area (Å²) in [6, 6.07) is 12.8. The largest absolute Gasteiger partial charge is 0.340 e. The minimum atomic E-state index is -4.19. The Bertz CT molecular complexity index is 807. The molecule has 0 saturated carbocycles. The molecule has 3 rings (SSSR count). The fraction of sp³-hybridized carbons (Fsp3) is 0.294. The van der Waals surface area contributed by atoms with Crippen molar-refractivity contribution in [1.29, 1.82) is 0 Å². The van der Waals surface area contributed by atoms with E-state index in [0.29, 0.717) is 0 Å². The van der Waals surface area contributed by atoms with E-state index in [9.17, 15) is 13.0 Å². The molecule has 0 atom stereocenters. The number of para-hydroxylation sites is 1. The summed E-state index contributed by atoms with van der Waals surface area (Å²) in [4.78, 5) is 4.19. The third kappa shape index (κ3) is 4.10. The molecule has 2 aromatic rings. The van der Waals surface area contributed by atoms with Crippen LogP contribution in [0.25, 0.3) is 0 Å². The predicted octanol–water partition coefficient (Wildman–Crippen LogP) is 3.78. The van der Waals surface area contributed by atoms with Gasteiger partial charge >= 0.3 is 0 Å². The lowest BCUT2D eigenvalue weighted by Crippen LogP contribution is -2.21. The minimum Gasteiger partial charge on any atom is -0.340 e. The second kappa shape index (κ2) is 8.02. The molecule has 1 heterocycles. The zero-order valence-electron chi connectivity index (χ0n) is 14.0. The molecule has 7 heteroatoms. The normalized spacial score (nSPS) is 12.8. The van der Waals surface area contributed by atoms with E-state index in [-0.39, 0.29) is 4.90 Å². The number of fused-ring (bicyclic) bond motifs is 2. The maximum absolute atomic E-state index is 11.4. The standard InChI is InChI=1S/C15H15NO3S2.C2H7N/c1-2-9-16-12-5-3-4-6-14(12)20-15-8-7-11(10-13(15)16)21(17,18)19;1-3-2/h3-8,10H,2,9H2,1H3,(H,17,18,19);3H,1-2H3. The van der Waals surface area contributed by atoms with Gasteiger partial charge in [-0.1, -0.05) is 30.8 Å². The molecule has 2 N–H and O–H groups in total. The van der Waals surface area contributed by atoms with E-state index in [1.165, 1.54) is 6.07 Å². The fourth-order valence-corrected chi connectivity index (χ4v) is 4.01. The maximum Gasteiger partial charge on any atom is 0.294 e. The lowest BCUT2D eigenvalue weighted by atomic mass is 10.2. The molecule has 0 bridgehead atoms. The quantitative estimate of drug-likeness (QED) is 0.806. The van der Waals surface area contributed by atoms with Gasteiger partial charge in [-0.3, -0.25) is 4.55 Å². The van der Waals surface area contributed by atoms with Crippen molar-refractivity contribution in [2.45, 2.75) is 28.0 Å². The SMILES string of the molecule is CCCN1c2ccccc2Sc2ccc(S(=O)(=O)O)cc21.CNC. The Kier molecular flexibility index (Phi) is 6.28. The molecule has 0 spiro atoms. The second-order valence-corrected chi connectivity index (χ2v) is 7.83. The van der Waals surface area contributed by atoms with E-state index in [2.05, 4.69) is 23.2 Å². The first-order valence-electron chi connectivity index (χ1n) is 7.66. The summed E-state index contributed by atoms with van der Waals surface area (Å²) < 4.78 is 32.0. The first-order valence-corrected chi connectivity index (χ1v) is 9.92. The van der Waals surface area contributed by atoms with Crippen molar-refractivity contribution >= 4 is 33.3 Å². The van der Waals surface area contributed by atoms with Gasteiger partial charge in [-0.15, -0.1) is 0 Å². The Morgan fingerprint density at radius 1 is 1.08 bits per heavy atom. The van der Waals surface area contributed by atoms with Gasteiger partial charge in [0.05, 0.1) is 16.3 Å². The molecule has 0 fully saturated rings. The third-order valence-corrected chi connectivity index (χ3v) is 5.32. The Hall–Kier alpha value is -1.54. The van der Waals surface area contributed by atoms with Gasteiger partial charge in [-0.05, 0) is 50.8 Å². The van der Waals surface area contributed by atoms with E-state index in [1.54, 1.807) is 23.9 Å². The predicted molar refractivity (Wildman–Crippen MR) is 99.1 cm³/mol. The van der Waals surface area contributed by atoms with Crippen LogP contribution in [0.15, 0.2) is 57.2 Å². The van der Waals surface area contributed by atoms with Gasteiger partial charge in [0.25, 0.3) is 10.1 Å². The summed E-state index contributed by atoms with van der Waals surface area (Å²) in [5, 5.41) is 2.75. The van der Waals surface area contributed by atoms with Crippen LogP contribution < -0.4 is 10.2 Å². The van der Waals surface area contributed by atoms with Gasteiger partial charge in [0.15, 0.2) is 0 Å². The summed E-state index contributed by atoms with van der Waals surface area (Å²) in [5.41, 5.74) is 1.90. The van der Waals surface area contributed by atoms with Crippen molar-refractivity contribution < 1.29 is 13.0 Å². The van der Waals surface area contributed by atoms with E-state index in [1.807, 2.05) is 32.3 Å². The Balaban J connectivity index is 0.000000647. The highest BCUT2D eigenvalue weighted by atomic mass is 32.2.